The second-order valence-electron chi connectivity index (χ2n) is 5.71. The predicted molar refractivity (Wildman–Crippen MR) is 79.0 cm³/mol. The topological polar surface area (TPSA) is 21.3 Å². The zero-order valence-electron chi connectivity index (χ0n) is 12.9. The summed E-state index contributed by atoms with van der Waals surface area (Å²) >= 11 is 0. The summed E-state index contributed by atoms with van der Waals surface area (Å²) < 4.78 is 6.16. The van der Waals surface area contributed by atoms with Crippen LogP contribution in [-0.4, -0.2) is 25.3 Å². The van der Waals surface area contributed by atoms with Crippen molar-refractivity contribution in [3.8, 4) is 0 Å². The van der Waals surface area contributed by atoms with Gasteiger partial charge in [-0.25, -0.2) is 0 Å². The molecule has 0 aromatic carbocycles. The molecule has 2 atom stereocenters. The van der Waals surface area contributed by atoms with Gasteiger partial charge in [-0.1, -0.05) is 47.0 Å². The summed E-state index contributed by atoms with van der Waals surface area (Å²) in [6, 6.07) is 0.679. The molecule has 1 rings (SSSR count). The van der Waals surface area contributed by atoms with Crippen LogP contribution in [0.15, 0.2) is 0 Å². The maximum atomic E-state index is 6.16. The van der Waals surface area contributed by atoms with Crippen molar-refractivity contribution in [3.63, 3.8) is 0 Å². The molecule has 0 saturated heterocycles. The van der Waals surface area contributed by atoms with Gasteiger partial charge in [0.25, 0.3) is 0 Å². The Bertz CT molecular complexity index is 213. The first-order valence-electron chi connectivity index (χ1n) is 8.10. The molecule has 1 fully saturated rings. The van der Waals surface area contributed by atoms with E-state index in [1.807, 2.05) is 0 Å². The fraction of sp³-hybridized carbons (Fsp3) is 1.00. The molecule has 2 nitrogen and oxygen atoms in total. The van der Waals surface area contributed by atoms with Crippen molar-refractivity contribution < 1.29 is 4.74 Å². The molecule has 2 heteroatoms. The van der Waals surface area contributed by atoms with Crippen LogP contribution < -0.4 is 5.32 Å². The number of rotatable bonds is 10. The first-order chi connectivity index (χ1) is 8.75. The minimum Gasteiger partial charge on any atom is -0.378 e. The highest BCUT2D eigenvalue weighted by molar-refractivity contribution is 5.06. The number of nitrogens with one attached hydrogen (secondary N) is 1. The normalized spacial score (nSPS) is 26.0. The zero-order chi connectivity index (χ0) is 13.4. The highest BCUT2D eigenvalue weighted by Crippen LogP contribution is 2.48. The minimum absolute atomic E-state index is 0.404. The van der Waals surface area contributed by atoms with E-state index in [-0.39, 0.29) is 0 Å². The summed E-state index contributed by atoms with van der Waals surface area (Å²) in [4.78, 5) is 0. The van der Waals surface area contributed by atoms with Crippen LogP contribution in [0, 0.1) is 5.41 Å². The van der Waals surface area contributed by atoms with Crippen molar-refractivity contribution in [2.75, 3.05) is 13.2 Å². The van der Waals surface area contributed by atoms with Crippen molar-refractivity contribution >= 4 is 0 Å². The monoisotopic (exact) mass is 255 g/mol. The third kappa shape index (κ3) is 3.48. The molecule has 0 radical (unpaired) electrons. The molecule has 1 aliphatic carbocycles. The van der Waals surface area contributed by atoms with Gasteiger partial charge in [0.2, 0.25) is 0 Å². The molecular weight excluding hydrogens is 222 g/mol. The molecule has 1 N–H and O–H groups in total. The fourth-order valence-corrected chi connectivity index (χ4v) is 3.47. The van der Waals surface area contributed by atoms with Crippen LogP contribution in [0.1, 0.15) is 72.6 Å². The van der Waals surface area contributed by atoms with E-state index in [2.05, 4.69) is 33.0 Å². The van der Waals surface area contributed by atoms with Crippen LogP contribution in [-0.2, 0) is 4.74 Å². The lowest BCUT2D eigenvalue weighted by molar-refractivity contribution is -0.140. The van der Waals surface area contributed by atoms with Crippen LogP contribution in [0.4, 0.5) is 0 Å². The summed E-state index contributed by atoms with van der Waals surface area (Å²) in [5, 5.41) is 3.64. The van der Waals surface area contributed by atoms with Gasteiger partial charge in [-0.15, -0.1) is 0 Å². The number of hydrogen-bond acceptors (Lipinski definition) is 2. The van der Waals surface area contributed by atoms with Gasteiger partial charge < -0.3 is 10.1 Å². The summed E-state index contributed by atoms with van der Waals surface area (Å²) in [5.74, 6) is 0. The van der Waals surface area contributed by atoms with Crippen molar-refractivity contribution in [3.05, 3.63) is 0 Å². The van der Waals surface area contributed by atoms with Gasteiger partial charge in [0.15, 0.2) is 0 Å². The summed E-state index contributed by atoms with van der Waals surface area (Å²) in [6.07, 6.45) is 9.40. The van der Waals surface area contributed by atoms with Crippen LogP contribution in [0.25, 0.3) is 0 Å². The average Bonchev–Trinajstić information content (AvgIpc) is 2.38. The van der Waals surface area contributed by atoms with Gasteiger partial charge in [0.05, 0.1) is 6.10 Å². The van der Waals surface area contributed by atoms with E-state index in [0.717, 1.165) is 13.2 Å². The Morgan fingerprint density at radius 3 is 2.33 bits per heavy atom. The molecule has 108 valence electrons. The second-order valence-corrected chi connectivity index (χ2v) is 5.71. The quantitative estimate of drug-likeness (QED) is 0.592. The lowest BCUT2D eigenvalue weighted by Crippen LogP contribution is -2.63. The Balaban J connectivity index is 2.32. The molecule has 0 aliphatic heterocycles. The minimum atomic E-state index is 0.404. The number of hydrogen-bond donors (Lipinski definition) is 1. The summed E-state index contributed by atoms with van der Waals surface area (Å²) in [7, 11) is 0. The molecule has 0 amide bonds. The maximum Gasteiger partial charge on any atom is 0.0661 e. The highest BCUT2D eigenvalue weighted by Gasteiger charge is 2.52. The van der Waals surface area contributed by atoms with E-state index in [1.54, 1.807) is 0 Å². The van der Waals surface area contributed by atoms with E-state index in [1.165, 1.54) is 44.9 Å². The van der Waals surface area contributed by atoms with Crippen molar-refractivity contribution in [1.82, 2.24) is 5.32 Å². The molecule has 1 saturated carbocycles. The van der Waals surface area contributed by atoms with E-state index in [0.29, 0.717) is 17.6 Å². The Morgan fingerprint density at radius 1 is 1.06 bits per heavy atom. The lowest BCUT2D eigenvalue weighted by atomic mass is 9.58. The molecular formula is C16H33NO. The van der Waals surface area contributed by atoms with Gasteiger partial charge in [0, 0.05) is 18.1 Å². The molecule has 0 aromatic rings. The van der Waals surface area contributed by atoms with E-state index < -0.39 is 0 Å². The second kappa shape index (κ2) is 8.16. The van der Waals surface area contributed by atoms with Crippen LogP contribution in [0.3, 0.4) is 0 Å². The van der Waals surface area contributed by atoms with E-state index in [4.69, 9.17) is 4.74 Å². The molecule has 0 bridgehead atoms. The summed E-state index contributed by atoms with van der Waals surface area (Å²) in [5.41, 5.74) is 0.404. The van der Waals surface area contributed by atoms with Crippen LogP contribution in [0.2, 0.25) is 0 Å². The molecule has 18 heavy (non-hydrogen) atoms. The van der Waals surface area contributed by atoms with Gasteiger partial charge >= 0.3 is 0 Å². The first kappa shape index (κ1) is 16.0. The molecule has 0 heterocycles. The van der Waals surface area contributed by atoms with Crippen molar-refractivity contribution in [2.24, 2.45) is 5.41 Å². The standard InChI is InChI=1S/C16H33NO/c1-5-9-10-11-12-18-15-13-14(17-8-4)16(15,6-2)7-3/h14-15,17H,5-13H2,1-4H3. The van der Waals surface area contributed by atoms with Gasteiger partial charge in [-0.05, 0) is 32.2 Å². The molecule has 1 aliphatic rings. The average molecular weight is 255 g/mol. The smallest absolute Gasteiger partial charge is 0.0661 e. The van der Waals surface area contributed by atoms with E-state index in [9.17, 15) is 0 Å². The Hall–Kier alpha value is -0.0800. The fourth-order valence-electron chi connectivity index (χ4n) is 3.47. The Labute approximate surface area is 114 Å². The number of ether oxygens (including phenoxy) is 1. The maximum absolute atomic E-state index is 6.16. The van der Waals surface area contributed by atoms with Crippen LogP contribution in [0.5, 0.6) is 0 Å². The third-order valence-corrected chi connectivity index (χ3v) is 4.87. The Morgan fingerprint density at radius 2 is 1.78 bits per heavy atom. The van der Waals surface area contributed by atoms with Gasteiger partial charge in [-0.2, -0.15) is 0 Å². The van der Waals surface area contributed by atoms with Crippen molar-refractivity contribution in [1.29, 1.82) is 0 Å². The molecule has 2 unspecified atom stereocenters. The first-order valence-corrected chi connectivity index (χ1v) is 8.10. The third-order valence-electron chi connectivity index (χ3n) is 4.87. The number of unbranched alkanes of at least 4 members (excludes halogenated alkanes) is 3. The highest BCUT2D eigenvalue weighted by atomic mass is 16.5. The molecule has 0 spiro atoms. The SMILES string of the molecule is CCCCCCOC1CC(NCC)C1(CC)CC. The van der Waals surface area contributed by atoms with Crippen molar-refractivity contribution in [2.45, 2.75) is 84.8 Å². The molecule has 0 aromatic heterocycles. The predicted octanol–water partition coefficient (Wildman–Crippen LogP) is 4.14. The zero-order valence-corrected chi connectivity index (χ0v) is 12.9. The lowest BCUT2D eigenvalue weighted by Gasteiger charge is -2.55. The van der Waals surface area contributed by atoms with Gasteiger partial charge in [-0.3, -0.25) is 0 Å². The summed E-state index contributed by atoms with van der Waals surface area (Å²) in [6.45, 7) is 11.1. The van der Waals surface area contributed by atoms with Crippen LogP contribution >= 0.6 is 0 Å². The van der Waals surface area contributed by atoms with E-state index >= 15 is 0 Å². The van der Waals surface area contributed by atoms with Gasteiger partial charge in [0.1, 0.15) is 0 Å². The Kier molecular flexibility index (Phi) is 7.25. The largest absolute Gasteiger partial charge is 0.378 e.